The van der Waals surface area contributed by atoms with Crippen LogP contribution in [0.2, 0.25) is 0 Å². The van der Waals surface area contributed by atoms with Crippen molar-refractivity contribution < 1.29 is 27.5 Å². The van der Waals surface area contributed by atoms with E-state index in [0.29, 0.717) is 0 Å². The second-order valence-electron chi connectivity index (χ2n) is 22.2. The van der Waals surface area contributed by atoms with Gasteiger partial charge in [0.1, 0.15) is 0 Å². The van der Waals surface area contributed by atoms with Gasteiger partial charge >= 0.3 is 5.97 Å². The average molecular weight is 1020 g/mol. The van der Waals surface area contributed by atoms with E-state index in [1.165, 1.54) is 101 Å². The van der Waals surface area contributed by atoms with Gasteiger partial charge in [0.2, 0.25) is 0 Å². The lowest BCUT2D eigenvalue weighted by Crippen LogP contribution is -2.25. The molecule has 0 bridgehead atoms. The van der Waals surface area contributed by atoms with Crippen LogP contribution in [-0.4, -0.2) is 11.1 Å². The summed E-state index contributed by atoms with van der Waals surface area (Å²) in [7, 11) is 0. The number of carbonyl (C=O) groups is 1. The topological polar surface area (TPSA) is 37.3 Å². The summed E-state index contributed by atoms with van der Waals surface area (Å²) >= 11 is 0. The summed E-state index contributed by atoms with van der Waals surface area (Å²) in [5.74, 6) is -6.51. The van der Waals surface area contributed by atoms with Gasteiger partial charge in [-0.05, 0) is 88.4 Å². The monoisotopic (exact) mass is 1020 g/mol. The molecular weight excluding hydrogens is 937 g/mol. The lowest BCUT2D eigenvalue weighted by atomic mass is 9.70. The fourth-order valence-electron chi connectivity index (χ4n) is 12.9. The first-order chi connectivity index (χ1) is 36.6. The maximum atomic E-state index is 16.9. The molecule has 75 heavy (non-hydrogen) atoms. The molecule has 0 aromatic heterocycles. The summed E-state index contributed by atoms with van der Waals surface area (Å²) in [6, 6.07) is 30.6. The van der Waals surface area contributed by atoms with E-state index in [-0.39, 0.29) is 27.5 Å². The maximum Gasteiger partial charge on any atom is 0.336 e. The minimum Gasteiger partial charge on any atom is -0.478 e. The summed E-state index contributed by atoms with van der Waals surface area (Å²) in [6.07, 6.45) is 31.2. The number of rotatable bonds is 33. The molecule has 2 aliphatic rings. The molecule has 1 N–H and O–H groups in total. The quantitative estimate of drug-likeness (QED) is 0.0258. The molecule has 0 amide bonds. The fourth-order valence-corrected chi connectivity index (χ4v) is 12.9. The number of hydrogen-bond donors (Lipinski definition) is 1. The van der Waals surface area contributed by atoms with Crippen LogP contribution in [0.4, 0.5) is 17.6 Å². The highest BCUT2D eigenvalue weighted by Crippen LogP contribution is 2.57. The third-order valence-corrected chi connectivity index (χ3v) is 17.0. The summed E-state index contributed by atoms with van der Waals surface area (Å²) in [5, 5.41) is 10.5. The van der Waals surface area contributed by atoms with Crippen molar-refractivity contribution in [2.24, 2.45) is 0 Å². The van der Waals surface area contributed by atoms with Crippen LogP contribution in [0.15, 0.2) is 103 Å². The Hall–Kier alpha value is -5.23. The molecule has 5 aromatic rings. The van der Waals surface area contributed by atoms with E-state index in [1.54, 1.807) is 18.2 Å². The third kappa shape index (κ3) is 13.3. The zero-order valence-corrected chi connectivity index (χ0v) is 46.0. The molecular formula is C69H86F4O2. The number of halogens is 4. The zero-order valence-electron chi connectivity index (χ0n) is 46.0. The molecule has 0 saturated heterocycles. The highest BCUT2D eigenvalue weighted by Gasteiger charge is 2.44. The van der Waals surface area contributed by atoms with Gasteiger partial charge in [-0.15, -0.1) is 0 Å². The molecule has 0 radical (unpaired) electrons. The van der Waals surface area contributed by atoms with E-state index in [2.05, 4.69) is 64.1 Å². The van der Waals surface area contributed by atoms with E-state index in [1.807, 2.05) is 30.3 Å². The van der Waals surface area contributed by atoms with Gasteiger partial charge in [-0.1, -0.05) is 267 Å². The summed E-state index contributed by atoms with van der Waals surface area (Å²) in [4.78, 5) is 12.9. The van der Waals surface area contributed by atoms with Crippen LogP contribution in [0.3, 0.4) is 0 Å². The standard InChI is InChI=1S/C69H86F4O2/c1-5-9-13-17-21-29-43-68(44-30-22-18-14-10-6-2)59-35-27-25-33-53(59)55-40-37-51(48-61(55)68)64(71)63(70)50-39-42-57(58(47-50)67(74)75)66(73)65(72)52-38-41-56-54-34-26-28-36-60(54)69(62(56)49-52,45-31-23-19-15-11-7-3)46-32-24-20-16-12-8-4/h25-28,33-42,47-49H,5-24,29-32,43-46H2,1-4H3,(H,74,75)/b64-63+,66-65+. The van der Waals surface area contributed by atoms with Gasteiger partial charge in [0.05, 0.1) is 5.56 Å². The van der Waals surface area contributed by atoms with Crippen molar-refractivity contribution in [1.82, 2.24) is 0 Å². The minimum atomic E-state index is -1.58. The Bertz CT molecular complexity index is 2690. The normalized spacial score (nSPS) is 14.5. The molecule has 0 atom stereocenters. The van der Waals surface area contributed by atoms with Crippen LogP contribution in [-0.2, 0) is 10.8 Å². The first-order valence-electron chi connectivity index (χ1n) is 29.5. The highest BCUT2D eigenvalue weighted by molar-refractivity contribution is 5.99. The van der Waals surface area contributed by atoms with Gasteiger partial charge in [-0.25, -0.2) is 22.4 Å². The first-order valence-corrected chi connectivity index (χ1v) is 29.5. The van der Waals surface area contributed by atoms with Gasteiger partial charge in [-0.3, -0.25) is 0 Å². The molecule has 402 valence electrons. The van der Waals surface area contributed by atoms with Crippen molar-refractivity contribution in [3.63, 3.8) is 0 Å². The van der Waals surface area contributed by atoms with Crippen LogP contribution in [0.5, 0.6) is 0 Å². The lowest BCUT2D eigenvalue weighted by molar-refractivity contribution is 0.0696. The highest BCUT2D eigenvalue weighted by atomic mass is 19.2. The molecule has 5 aromatic carbocycles. The largest absolute Gasteiger partial charge is 0.478 e. The second-order valence-corrected chi connectivity index (χ2v) is 22.2. The number of unbranched alkanes of at least 4 members (excludes halogenated alkanes) is 20. The van der Waals surface area contributed by atoms with Crippen LogP contribution in [0.1, 0.15) is 262 Å². The minimum absolute atomic E-state index is 0.0229. The van der Waals surface area contributed by atoms with E-state index in [9.17, 15) is 9.90 Å². The van der Waals surface area contributed by atoms with E-state index >= 15 is 17.6 Å². The average Bonchev–Trinajstić information content (AvgIpc) is 3.88. The predicted octanol–water partition coefficient (Wildman–Crippen LogP) is 22.4. The number of aromatic carboxylic acids is 1. The Kier molecular flexibility index (Phi) is 21.6. The number of benzene rings is 5. The Labute approximate surface area is 448 Å². The molecule has 0 spiro atoms. The number of hydrogen-bond acceptors (Lipinski definition) is 1. The molecule has 0 saturated carbocycles. The summed E-state index contributed by atoms with van der Waals surface area (Å²) in [5.41, 5.74) is 6.61. The van der Waals surface area contributed by atoms with E-state index < -0.39 is 40.4 Å². The fraction of sp³-hybridized carbons (Fsp3) is 0.493. The number of carboxylic acids is 1. The molecule has 2 nitrogen and oxygen atoms in total. The van der Waals surface area contributed by atoms with Gasteiger partial charge in [-0.2, -0.15) is 0 Å². The maximum absolute atomic E-state index is 16.9. The second kappa shape index (κ2) is 28.2. The van der Waals surface area contributed by atoms with Gasteiger partial charge in [0.25, 0.3) is 0 Å². The first kappa shape index (κ1) is 57.5. The van der Waals surface area contributed by atoms with Crippen LogP contribution in [0, 0.1) is 0 Å². The molecule has 0 aliphatic heterocycles. The Morgan fingerprint density at radius 1 is 0.347 bits per heavy atom. The van der Waals surface area contributed by atoms with Gasteiger partial charge in [0, 0.05) is 33.1 Å². The van der Waals surface area contributed by atoms with E-state index in [0.717, 1.165) is 141 Å². The molecule has 0 fully saturated rings. The third-order valence-electron chi connectivity index (χ3n) is 17.0. The number of fused-ring (bicyclic) bond motifs is 6. The Morgan fingerprint density at radius 2 is 0.653 bits per heavy atom. The smallest absolute Gasteiger partial charge is 0.336 e. The SMILES string of the molecule is CCCCCCCCC1(CCCCCCCC)c2ccccc2-c2ccc(/C(F)=C(\F)c3ccc(/C(F)=C(\F)c4ccc5c(c4)C(CCCCCCCC)(CCCCCCCC)c4ccccc4-5)c(C(=O)O)c3)cc21. The lowest BCUT2D eigenvalue weighted by Gasteiger charge is -2.33. The van der Waals surface area contributed by atoms with Gasteiger partial charge in [0.15, 0.2) is 23.3 Å². The van der Waals surface area contributed by atoms with Crippen LogP contribution in [0.25, 0.3) is 45.6 Å². The van der Waals surface area contributed by atoms with Crippen molar-refractivity contribution in [2.45, 2.75) is 218 Å². The van der Waals surface area contributed by atoms with E-state index in [4.69, 9.17) is 0 Å². The molecule has 6 heteroatoms. The van der Waals surface area contributed by atoms with Crippen molar-refractivity contribution in [2.75, 3.05) is 0 Å². The van der Waals surface area contributed by atoms with Crippen molar-refractivity contribution in [3.05, 3.63) is 153 Å². The van der Waals surface area contributed by atoms with Crippen molar-refractivity contribution in [1.29, 1.82) is 0 Å². The molecule has 7 rings (SSSR count). The van der Waals surface area contributed by atoms with Crippen LogP contribution >= 0.6 is 0 Å². The van der Waals surface area contributed by atoms with Gasteiger partial charge < -0.3 is 5.11 Å². The molecule has 2 aliphatic carbocycles. The zero-order chi connectivity index (χ0) is 53.2. The van der Waals surface area contributed by atoms with Crippen LogP contribution < -0.4 is 0 Å². The van der Waals surface area contributed by atoms with Crippen molar-refractivity contribution in [3.8, 4) is 22.3 Å². The molecule has 0 heterocycles. The van der Waals surface area contributed by atoms with Crippen molar-refractivity contribution >= 4 is 29.3 Å². The summed E-state index contributed by atoms with van der Waals surface area (Å²) in [6.45, 7) is 8.88. The summed E-state index contributed by atoms with van der Waals surface area (Å²) < 4.78 is 67.2. The predicted molar refractivity (Wildman–Crippen MR) is 309 cm³/mol. The Balaban J connectivity index is 1.21. The number of carboxylic acid groups (broad SMARTS) is 1. The Morgan fingerprint density at radius 3 is 1.03 bits per heavy atom. The molecule has 0 unspecified atom stereocenters.